The lowest BCUT2D eigenvalue weighted by molar-refractivity contribution is -0.145. The summed E-state index contributed by atoms with van der Waals surface area (Å²) in [6.45, 7) is 2.01. The number of rotatable bonds is 3. The lowest BCUT2D eigenvalue weighted by Crippen LogP contribution is -2.31. The van der Waals surface area contributed by atoms with Crippen molar-refractivity contribution in [3.63, 3.8) is 0 Å². The maximum atomic E-state index is 13.8. The van der Waals surface area contributed by atoms with Crippen LogP contribution in [0.2, 0.25) is 0 Å². The summed E-state index contributed by atoms with van der Waals surface area (Å²) in [6.07, 6.45) is -7.70. The zero-order chi connectivity index (χ0) is 15.1. The SMILES string of the molecule is CCCCn1nc(C(F)(F)F)c2c1CCC(F)(F)[C@H]2F. The third kappa shape index (κ3) is 2.52. The zero-order valence-corrected chi connectivity index (χ0v) is 10.8. The molecule has 114 valence electrons. The van der Waals surface area contributed by atoms with Gasteiger partial charge in [0.15, 0.2) is 11.9 Å². The average molecular weight is 300 g/mol. The number of nitrogens with zero attached hydrogens (tertiary/aromatic N) is 2. The Balaban J connectivity index is 2.52. The molecule has 1 atom stereocenters. The average Bonchev–Trinajstić information content (AvgIpc) is 2.70. The first-order chi connectivity index (χ1) is 9.18. The normalized spacial score (nSPS) is 21.9. The maximum absolute atomic E-state index is 13.8. The maximum Gasteiger partial charge on any atom is 0.435 e. The molecular formula is C12H14F6N2. The first-order valence-corrected chi connectivity index (χ1v) is 6.37. The molecule has 0 bridgehead atoms. The van der Waals surface area contributed by atoms with Crippen molar-refractivity contribution in [3.05, 3.63) is 17.0 Å². The van der Waals surface area contributed by atoms with Crippen molar-refractivity contribution in [2.24, 2.45) is 0 Å². The molecule has 1 aliphatic carbocycles. The van der Waals surface area contributed by atoms with Crippen LogP contribution >= 0.6 is 0 Å². The van der Waals surface area contributed by atoms with Crippen molar-refractivity contribution >= 4 is 0 Å². The van der Waals surface area contributed by atoms with Gasteiger partial charge in [0, 0.05) is 24.2 Å². The molecule has 8 heteroatoms. The van der Waals surface area contributed by atoms with Crippen LogP contribution in [0, 0.1) is 0 Å². The molecule has 1 heterocycles. The molecule has 0 fully saturated rings. The number of alkyl halides is 6. The summed E-state index contributed by atoms with van der Waals surface area (Å²) in [7, 11) is 0. The van der Waals surface area contributed by atoms with Gasteiger partial charge in [-0.3, -0.25) is 4.68 Å². The summed E-state index contributed by atoms with van der Waals surface area (Å²) in [6, 6.07) is 0. The molecule has 20 heavy (non-hydrogen) atoms. The van der Waals surface area contributed by atoms with Crippen LogP contribution in [0.25, 0.3) is 0 Å². The van der Waals surface area contributed by atoms with Gasteiger partial charge in [0.25, 0.3) is 5.92 Å². The van der Waals surface area contributed by atoms with Gasteiger partial charge in [0.1, 0.15) is 0 Å². The summed E-state index contributed by atoms with van der Waals surface area (Å²) >= 11 is 0. The lowest BCUT2D eigenvalue weighted by Gasteiger charge is -2.27. The number of aryl methyl sites for hydroxylation is 1. The Kier molecular flexibility index (Phi) is 3.77. The Bertz CT molecular complexity index is 491. The van der Waals surface area contributed by atoms with Crippen molar-refractivity contribution in [1.82, 2.24) is 9.78 Å². The van der Waals surface area contributed by atoms with E-state index in [4.69, 9.17) is 0 Å². The highest BCUT2D eigenvalue weighted by Crippen LogP contribution is 2.48. The first-order valence-electron chi connectivity index (χ1n) is 6.37. The van der Waals surface area contributed by atoms with E-state index in [-0.39, 0.29) is 18.7 Å². The van der Waals surface area contributed by atoms with Crippen LogP contribution in [0.3, 0.4) is 0 Å². The van der Waals surface area contributed by atoms with E-state index in [0.29, 0.717) is 12.8 Å². The predicted molar refractivity (Wildman–Crippen MR) is 59.3 cm³/mol. The van der Waals surface area contributed by atoms with Gasteiger partial charge in [-0.1, -0.05) is 13.3 Å². The van der Waals surface area contributed by atoms with Crippen LogP contribution in [0.4, 0.5) is 26.3 Å². The van der Waals surface area contributed by atoms with Gasteiger partial charge in [0.05, 0.1) is 0 Å². The van der Waals surface area contributed by atoms with Crippen LogP contribution in [-0.4, -0.2) is 15.7 Å². The molecule has 1 aliphatic rings. The molecule has 0 saturated heterocycles. The van der Waals surface area contributed by atoms with Gasteiger partial charge in [-0.15, -0.1) is 0 Å². The Labute approximate surface area is 111 Å². The van der Waals surface area contributed by atoms with Crippen molar-refractivity contribution in [2.75, 3.05) is 0 Å². The minimum Gasteiger partial charge on any atom is -0.269 e. The Hall–Kier alpha value is -1.21. The van der Waals surface area contributed by atoms with Crippen molar-refractivity contribution in [1.29, 1.82) is 0 Å². The molecule has 0 N–H and O–H groups in total. The molecule has 1 aromatic rings. The van der Waals surface area contributed by atoms with E-state index in [9.17, 15) is 26.3 Å². The number of fused-ring (bicyclic) bond motifs is 1. The van der Waals surface area contributed by atoms with Gasteiger partial charge in [-0.25, -0.2) is 13.2 Å². The Morgan fingerprint density at radius 1 is 1.35 bits per heavy atom. The molecule has 0 aromatic carbocycles. The summed E-state index contributed by atoms with van der Waals surface area (Å²) in [5.41, 5.74) is -2.55. The van der Waals surface area contributed by atoms with Crippen LogP contribution in [0.15, 0.2) is 0 Å². The molecule has 2 nitrogen and oxygen atoms in total. The van der Waals surface area contributed by atoms with Crippen LogP contribution < -0.4 is 0 Å². The molecule has 0 amide bonds. The molecule has 2 rings (SSSR count). The van der Waals surface area contributed by atoms with Gasteiger partial charge in [-0.2, -0.15) is 18.3 Å². The summed E-state index contributed by atoms with van der Waals surface area (Å²) in [4.78, 5) is 0. The highest BCUT2D eigenvalue weighted by Gasteiger charge is 2.52. The molecule has 1 aromatic heterocycles. The van der Waals surface area contributed by atoms with Crippen molar-refractivity contribution < 1.29 is 26.3 Å². The smallest absolute Gasteiger partial charge is 0.269 e. The fourth-order valence-corrected chi connectivity index (χ4v) is 2.37. The summed E-state index contributed by atoms with van der Waals surface area (Å²) in [5, 5.41) is 3.33. The van der Waals surface area contributed by atoms with Crippen molar-refractivity contribution in [3.8, 4) is 0 Å². The van der Waals surface area contributed by atoms with E-state index >= 15 is 0 Å². The molecule has 0 unspecified atom stereocenters. The largest absolute Gasteiger partial charge is 0.435 e. The van der Waals surface area contributed by atoms with Gasteiger partial charge in [-0.05, 0) is 12.8 Å². The number of hydrogen-bond acceptors (Lipinski definition) is 1. The fourth-order valence-electron chi connectivity index (χ4n) is 2.37. The predicted octanol–water partition coefficient (Wildman–Crippen LogP) is 4.29. The molecule has 0 spiro atoms. The molecule has 0 saturated carbocycles. The second kappa shape index (κ2) is 4.96. The second-order valence-electron chi connectivity index (χ2n) is 4.91. The van der Waals surface area contributed by atoms with Crippen molar-refractivity contribution in [2.45, 2.75) is 57.4 Å². The Morgan fingerprint density at radius 2 is 2.00 bits per heavy atom. The summed E-state index contributed by atoms with van der Waals surface area (Å²) < 4.78 is 80.0. The summed E-state index contributed by atoms with van der Waals surface area (Å²) in [5.74, 6) is -3.77. The first kappa shape index (κ1) is 15.2. The monoisotopic (exact) mass is 300 g/mol. The van der Waals surface area contributed by atoms with Gasteiger partial charge in [0.2, 0.25) is 0 Å². The highest BCUT2D eigenvalue weighted by atomic mass is 19.4. The third-order valence-electron chi connectivity index (χ3n) is 3.41. The quantitative estimate of drug-likeness (QED) is 0.761. The number of unbranched alkanes of at least 4 members (excludes halogenated alkanes) is 1. The zero-order valence-electron chi connectivity index (χ0n) is 10.8. The minimum absolute atomic E-state index is 0.0517. The topological polar surface area (TPSA) is 17.8 Å². The van der Waals surface area contributed by atoms with E-state index in [1.807, 2.05) is 6.92 Å². The molecule has 0 aliphatic heterocycles. The standard InChI is InChI=1S/C12H14F6N2/c1-2-3-6-20-7-4-5-11(14,15)9(13)8(7)10(19-20)12(16,17)18/h9H,2-6H2,1H3/t9-/m0/s1. The number of hydrogen-bond donors (Lipinski definition) is 0. The van der Waals surface area contributed by atoms with E-state index in [1.165, 1.54) is 0 Å². The lowest BCUT2D eigenvalue weighted by atomic mass is 9.90. The van der Waals surface area contributed by atoms with E-state index in [2.05, 4.69) is 5.10 Å². The highest BCUT2D eigenvalue weighted by molar-refractivity contribution is 5.35. The van der Waals surface area contributed by atoms with Gasteiger partial charge < -0.3 is 0 Å². The van der Waals surface area contributed by atoms with Crippen LogP contribution in [-0.2, 0) is 19.1 Å². The number of aromatic nitrogens is 2. The van der Waals surface area contributed by atoms with E-state index in [0.717, 1.165) is 4.68 Å². The van der Waals surface area contributed by atoms with Crippen LogP contribution in [0.5, 0.6) is 0 Å². The second-order valence-corrected chi connectivity index (χ2v) is 4.91. The fraction of sp³-hybridized carbons (Fsp3) is 0.750. The van der Waals surface area contributed by atoms with E-state index in [1.54, 1.807) is 0 Å². The third-order valence-corrected chi connectivity index (χ3v) is 3.41. The van der Waals surface area contributed by atoms with E-state index < -0.39 is 35.9 Å². The molecular weight excluding hydrogens is 286 g/mol. The minimum atomic E-state index is -4.93. The molecule has 0 radical (unpaired) electrons. The van der Waals surface area contributed by atoms with Gasteiger partial charge >= 0.3 is 6.18 Å². The Morgan fingerprint density at radius 3 is 2.55 bits per heavy atom. The van der Waals surface area contributed by atoms with Crippen LogP contribution in [0.1, 0.15) is 49.3 Å². The number of halogens is 6.